The molecule has 1 aliphatic rings. The molecule has 1 aliphatic heterocycles. The molecule has 158 valence electrons. The Balaban J connectivity index is 1.75. The molecule has 0 saturated carbocycles. The molecule has 4 rings (SSSR count). The predicted molar refractivity (Wildman–Crippen MR) is 118 cm³/mol. The zero-order valence-electron chi connectivity index (χ0n) is 17.0. The Labute approximate surface area is 180 Å². The van der Waals surface area contributed by atoms with E-state index in [4.69, 9.17) is 0 Å². The summed E-state index contributed by atoms with van der Waals surface area (Å²) in [6.45, 7) is 2.06. The van der Waals surface area contributed by atoms with Crippen LogP contribution in [-0.2, 0) is 25.4 Å². The van der Waals surface area contributed by atoms with E-state index in [9.17, 15) is 24.5 Å². The Morgan fingerprint density at radius 2 is 1.65 bits per heavy atom. The van der Waals surface area contributed by atoms with E-state index in [0.717, 1.165) is 27.8 Å². The van der Waals surface area contributed by atoms with Gasteiger partial charge in [0.05, 0.1) is 33.0 Å². The second-order valence-electron chi connectivity index (χ2n) is 7.31. The fourth-order valence-electron chi connectivity index (χ4n) is 3.48. The number of nitro groups is 1. The molecule has 2 heterocycles. The van der Waals surface area contributed by atoms with E-state index in [2.05, 4.69) is 0 Å². The van der Waals surface area contributed by atoms with Crippen LogP contribution in [-0.4, -0.2) is 30.1 Å². The number of amides is 2. The van der Waals surface area contributed by atoms with Crippen LogP contribution in [0.25, 0.3) is 17.1 Å². The summed E-state index contributed by atoms with van der Waals surface area (Å²) < 4.78 is 2.70. The Bertz CT molecular complexity index is 1350. The lowest BCUT2D eigenvalue weighted by Crippen LogP contribution is -2.27. The summed E-state index contributed by atoms with van der Waals surface area (Å²) in [6, 6.07) is 10.3. The predicted octanol–water partition coefficient (Wildman–Crippen LogP) is 3.33. The van der Waals surface area contributed by atoms with Gasteiger partial charge in [-0.15, -0.1) is 0 Å². The van der Waals surface area contributed by atoms with Gasteiger partial charge in [0.25, 0.3) is 16.8 Å². The van der Waals surface area contributed by atoms with Crippen molar-refractivity contribution in [2.45, 2.75) is 13.5 Å². The highest BCUT2D eigenvalue weighted by Gasteiger charge is 2.35. The Kier molecular flexibility index (Phi) is 5.02. The van der Waals surface area contributed by atoms with Gasteiger partial charge < -0.3 is 0 Å². The van der Waals surface area contributed by atoms with E-state index in [-0.39, 0.29) is 28.4 Å². The van der Waals surface area contributed by atoms with Crippen LogP contribution in [0.3, 0.4) is 0 Å². The largest absolute Gasteiger partial charge is 0.328 e. The Hall–Kier alpha value is -3.66. The second kappa shape index (κ2) is 7.55. The summed E-state index contributed by atoms with van der Waals surface area (Å²) in [6.07, 6.45) is 1.34. The van der Waals surface area contributed by atoms with E-state index in [1.165, 1.54) is 34.4 Å². The minimum Gasteiger partial charge on any atom is -0.295 e. The number of carbonyl (C=O) groups excluding carboxylic acids is 2. The summed E-state index contributed by atoms with van der Waals surface area (Å²) in [5.74, 6) is -0.507. The maximum atomic E-state index is 12.8. The van der Waals surface area contributed by atoms with Crippen molar-refractivity contribution in [2.75, 3.05) is 0 Å². The monoisotopic (exact) mass is 438 g/mol. The standard InChI is InChI=1S/C21H18N4O5S/c1-12-4-6-13(7-5-12)11-24-19(26)18(31-21(24)28)9-14-8-16-17(10-15(14)25(29)30)23(3)20(27)22(16)2/h4-10H,11H2,1-3H3/b18-9-. The number of aromatic nitrogens is 2. The minimum absolute atomic E-state index is 0.0977. The van der Waals surface area contributed by atoms with Crippen molar-refractivity contribution in [3.05, 3.63) is 78.6 Å². The van der Waals surface area contributed by atoms with Crippen LogP contribution in [0.5, 0.6) is 0 Å². The molecule has 1 fully saturated rings. The smallest absolute Gasteiger partial charge is 0.295 e. The molecule has 0 spiro atoms. The van der Waals surface area contributed by atoms with Crippen LogP contribution in [0.2, 0.25) is 0 Å². The third kappa shape index (κ3) is 3.55. The third-order valence-electron chi connectivity index (χ3n) is 5.24. The van der Waals surface area contributed by atoms with Crippen molar-refractivity contribution in [3.63, 3.8) is 0 Å². The number of nitro benzene ring substituents is 1. The minimum atomic E-state index is -0.570. The molecule has 2 amide bonds. The van der Waals surface area contributed by atoms with Gasteiger partial charge in [0.1, 0.15) is 0 Å². The van der Waals surface area contributed by atoms with Gasteiger partial charge in [0, 0.05) is 20.2 Å². The first kappa shape index (κ1) is 20.6. The van der Waals surface area contributed by atoms with Crippen LogP contribution >= 0.6 is 11.8 Å². The summed E-state index contributed by atoms with van der Waals surface area (Å²) in [5.41, 5.74) is 2.35. The van der Waals surface area contributed by atoms with E-state index < -0.39 is 16.1 Å². The highest BCUT2D eigenvalue weighted by atomic mass is 32.2. The van der Waals surface area contributed by atoms with Crippen LogP contribution in [0, 0.1) is 17.0 Å². The van der Waals surface area contributed by atoms with Crippen molar-refractivity contribution < 1.29 is 14.5 Å². The van der Waals surface area contributed by atoms with Crippen molar-refractivity contribution in [2.24, 2.45) is 14.1 Å². The molecule has 0 bridgehead atoms. The summed E-state index contributed by atoms with van der Waals surface area (Å²) in [7, 11) is 3.10. The number of thioether (sulfide) groups is 1. The van der Waals surface area contributed by atoms with Crippen LogP contribution in [0.1, 0.15) is 16.7 Å². The van der Waals surface area contributed by atoms with Gasteiger partial charge in [-0.3, -0.25) is 33.7 Å². The van der Waals surface area contributed by atoms with Gasteiger partial charge in [0.15, 0.2) is 0 Å². The Morgan fingerprint density at radius 1 is 1.03 bits per heavy atom. The van der Waals surface area contributed by atoms with Crippen LogP contribution < -0.4 is 5.69 Å². The van der Waals surface area contributed by atoms with Crippen LogP contribution in [0.4, 0.5) is 10.5 Å². The van der Waals surface area contributed by atoms with Crippen molar-refractivity contribution in [1.82, 2.24) is 14.0 Å². The fraction of sp³-hybridized carbons (Fsp3) is 0.190. The number of imide groups is 1. The highest BCUT2D eigenvalue weighted by molar-refractivity contribution is 8.18. The zero-order valence-corrected chi connectivity index (χ0v) is 17.8. The van der Waals surface area contributed by atoms with Crippen molar-refractivity contribution in [1.29, 1.82) is 0 Å². The van der Waals surface area contributed by atoms with Gasteiger partial charge in [-0.1, -0.05) is 29.8 Å². The number of hydrogen-bond donors (Lipinski definition) is 0. The molecule has 0 N–H and O–H groups in total. The molecule has 1 aromatic heterocycles. The molecular weight excluding hydrogens is 420 g/mol. The quantitative estimate of drug-likeness (QED) is 0.351. The molecule has 2 aromatic carbocycles. The maximum Gasteiger partial charge on any atom is 0.328 e. The molecule has 0 aliphatic carbocycles. The summed E-state index contributed by atoms with van der Waals surface area (Å²) in [4.78, 5) is 49.7. The maximum absolute atomic E-state index is 12.8. The highest BCUT2D eigenvalue weighted by Crippen LogP contribution is 2.36. The molecule has 0 atom stereocenters. The number of imidazole rings is 1. The SMILES string of the molecule is Cc1ccc(CN2C(=O)S/C(=C\c3cc4c(cc3[N+](=O)[O-])n(C)c(=O)n4C)C2=O)cc1. The average molecular weight is 438 g/mol. The number of benzene rings is 2. The van der Waals surface area contributed by atoms with Crippen LogP contribution in [0.15, 0.2) is 46.1 Å². The Morgan fingerprint density at radius 3 is 2.26 bits per heavy atom. The average Bonchev–Trinajstić information content (AvgIpc) is 3.11. The van der Waals surface area contributed by atoms with Gasteiger partial charge in [-0.2, -0.15) is 0 Å². The topological polar surface area (TPSA) is 107 Å². The van der Waals surface area contributed by atoms with Crippen molar-refractivity contribution >= 4 is 45.7 Å². The molecular formula is C21H18N4O5S. The van der Waals surface area contributed by atoms with E-state index in [1.807, 2.05) is 31.2 Å². The molecule has 0 unspecified atom stereocenters. The van der Waals surface area contributed by atoms with E-state index >= 15 is 0 Å². The number of hydrogen-bond acceptors (Lipinski definition) is 6. The number of rotatable bonds is 4. The molecule has 3 aromatic rings. The van der Waals surface area contributed by atoms with E-state index in [0.29, 0.717) is 11.0 Å². The first-order valence-corrected chi connectivity index (χ1v) is 10.1. The first-order chi connectivity index (χ1) is 14.7. The second-order valence-corrected chi connectivity index (χ2v) is 8.30. The van der Waals surface area contributed by atoms with Gasteiger partial charge in [-0.05, 0) is 36.4 Å². The number of carbonyl (C=O) groups is 2. The molecule has 1 saturated heterocycles. The van der Waals surface area contributed by atoms with Gasteiger partial charge in [0.2, 0.25) is 0 Å². The summed E-state index contributed by atoms with van der Waals surface area (Å²) >= 11 is 0.740. The third-order valence-corrected chi connectivity index (χ3v) is 6.15. The van der Waals surface area contributed by atoms with Crippen molar-refractivity contribution in [3.8, 4) is 0 Å². The lowest BCUT2D eigenvalue weighted by molar-refractivity contribution is -0.385. The molecule has 31 heavy (non-hydrogen) atoms. The first-order valence-electron chi connectivity index (χ1n) is 9.32. The lowest BCUT2D eigenvalue weighted by atomic mass is 10.1. The normalized spacial score (nSPS) is 15.5. The van der Waals surface area contributed by atoms with Gasteiger partial charge in [-0.25, -0.2) is 4.79 Å². The lowest BCUT2D eigenvalue weighted by Gasteiger charge is -2.12. The number of nitrogens with zero attached hydrogens (tertiary/aromatic N) is 4. The fourth-order valence-corrected chi connectivity index (χ4v) is 4.31. The summed E-state index contributed by atoms with van der Waals surface area (Å²) in [5, 5.41) is 11.2. The van der Waals surface area contributed by atoms with Gasteiger partial charge >= 0.3 is 5.69 Å². The zero-order chi connectivity index (χ0) is 22.4. The van der Waals surface area contributed by atoms with E-state index in [1.54, 1.807) is 7.05 Å². The molecule has 10 heteroatoms. The number of fused-ring (bicyclic) bond motifs is 1. The number of aryl methyl sites for hydroxylation is 3. The molecule has 0 radical (unpaired) electrons. The molecule has 9 nitrogen and oxygen atoms in total.